The van der Waals surface area contributed by atoms with Gasteiger partial charge in [-0.3, -0.25) is 14.2 Å². The Morgan fingerprint density at radius 1 is 1.34 bits per heavy atom. The molecule has 0 spiro atoms. The molecule has 1 atom stereocenters. The van der Waals surface area contributed by atoms with Gasteiger partial charge in [0.1, 0.15) is 6.33 Å². The number of carbonyl (C=O) groups excluding carboxylic acids is 2. The normalized spacial score (nSPS) is 15.9. The van der Waals surface area contributed by atoms with Crippen molar-refractivity contribution in [1.29, 1.82) is 0 Å². The van der Waals surface area contributed by atoms with E-state index in [1.165, 1.54) is 11.8 Å². The summed E-state index contributed by atoms with van der Waals surface area (Å²) in [5, 5.41) is 9.14. The summed E-state index contributed by atoms with van der Waals surface area (Å²) in [4.78, 5) is 26.6. The number of thioether (sulfide) groups is 1. The van der Waals surface area contributed by atoms with Crippen LogP contribution in [0.1, 0.15) is 32.3 Å². The SMILES string of the molecule is CCOC(=O)C1CCN(C(=O)C(C)Sc2nncn2-c2ccc(C)c(Cl)c2)CC1. The van der Waals surface area contributed by atoms with E-state index in [-0.39, 0.29) is 23.0 Å². The van der Waals surface area contributed by atoms with Crippen LogP contribution < -0.4 is 0 Å². The van der Waals surface area contributed by atoms with Crippen LogP contribution in [0.5, 0.6) is 0 Å². The van der Waals surface area contributed by atoms with E-state index < -0.39 is 0 Å². The molecule has 7 nitrogen and oxygen atoms in total. The maximum absolute atomic E-state index is 12.9. The minimum Gasteiger partial charge on any atom is -0.466 e. The summed E-state index contributed by atoms with van der Waals surface area (Å²) in [5.74, 6) is -0.239. The molecule has 156 valence electrons. The summed E-state index contributed by atoms with van der Waals surface area (Å²) in [6.07, 6.45) is 2.89. The number of aromatic nitrogens is 3. The standard InChI is InChI=1S/C20H25ClN4O3S/c1-4-28-19(27)15-7-9-24(10-8-15)18(26)14(3)29-20-23-22-12-25(20)16-6-5-13(2)17(21)11-16/h5-6,11-12,14-15H,4,7-10H2,1-3H3. The van der Waals surface area contributed by atoms with Crippen LogP contribution in [0.2, 0.25) is 5.02 Å². The Balaban J connectivity index is 1.62. The van der Waals surface area contributed by atoms with Gasteiger partial charge in [-0.2, -0.15) is 0 Å². The summed E-state index contributed by atoms with van der Waals surface area (Å²) in [5.41, 5.74) is 1.84. The number of aryl methyl sites for hydroxylation is 1. The Morgan fingerprint density at radius 2 is 2.07 bits per heavy atom. The molecule has 2 aromatic rings. The molecule has 29 heavy (non-hydrogen) atoms. The van der Waals surface area contributed by atoms with E-state index in [1.807, 2.05) is 41.5 Å². The van der Waals surface area contributed by atoms with Crippen molar-refractivity contribution in [2.45, 2.75) is 44.0 Å². The van der Waals surface area contributed by atoms with E-state index in [2.05, 4.69) is 10.2 Å². The molecule has 1 aliphatic heterocycles. The quantitative estimate of drug-likeness (QED) is 0.509. The highest BCUT2D eigenvalue weighted by Gasteiger charge is 2.31. The minimum absolute atomic E-state index is 0.0359. The lowest BCUT2D eigenvalue weighted by molar-refractivity contribution is -0.151. The lowest BCUT2D eigenvalue weighted by atomic mass is 9.97. The summed E-state index contributed by atoms with van der Waals surface area (Å²) >= 11 is 7.60. The molecule has 0 bridgehead atoms. The van der Waals surface area contributed by atoms with Gasteiger partial charge in [0.15, 0.2) is 5.16 Å². The lowest BCUT2D eigenvalue weighted by Gasteiger charge is -2.32. The number of piperidine rings is 1. The van der Waals surface area contributed by atoms with Crippen molar-refractivity contribution in [3.63, 3.8) is 0 Å². The summed E-state index contributed by atoms with van der Waals surface area (Å²) in [7, 11) is 0. The van der Waals surface area contributed by atoms with Crippen LogP contribution in [-0.4, -0.2) is 56.5 Å². The Kier molecular flexibility index (Phi) is 7.18. The number of benzene rings is 1. The zero-order valence-electron chi connectivity index (χ0n) is 16.8. The first-order valence-electron chi connectivity index (χ1n) is 9.69. The molecule has 3 rings (SSSR count). The van der Waals surface area contributed by atoms with E-state index in [0.717, 1.165) is 11.3 Å². The number of hydrogen-bond acceptors (Lipinski definition) is 6. The number of likely N-dealkylation sites (tertiary alicyclic amines) is 1. The number of nitrogens with zero attached hydrogens (tertiary/aromatic N) is 4. The molecule has 1 aliphatic rings. The predicted molar refractivity (Wildman–Crippen MR) is 112 cm³/mol. The van der Waals surface area contributed by atoms with Gasteiger partial charge in [0.25, 0.3) is 0 Å². The van der Waals surface area contributed by atoms with Gasteiger partial charge in [0, 0.05) is 18.1 Å². The molecule has 0 saturated carbocycles. The number of ether oxygens (including phenoxy) is 1. The van der Waals surface area contributed by atoms with Crippen molar-refractivity contribution >= 4 is 35.2 Å². The molecule has 1 aromatic carbocycles. The van der Waals surface area contributed by atoms with Crippen LogP contribution >= 0.6 is 23.4 Å². The highest BCUT2D eigenvalue weighted by atomic mass is 35.5. The highest BCUT2D eigenvalue weighted by molar-refractivity contribution is 8.00. The van der Waals surface area contributed by atoms with E-state index in [1.54, 1.807) is 13.3 Å². The van der Waals surface area contributed by atoms with Crippen molar-refractivity contribution in [2.24, 2.45) is 5.92 Å². The molecular formula is C20H25ClN4O3S. The maximum atomic E-state index is 12.9. The number of hydrogen-bond donors (Lipinski definition) is 0. The third-order valence-electron chi connectivity index (χ3n) is 5.01. The molecular weight excluding hydrogens is 412 g/mol. The second-order valence-electron chi connectivity index (χ2n) is 7.03. The Hall–Kier alpha value is -2.06. The first-order chi connectivity index (χ1) is 13.9. The zero-order chi connectivity index (χ0) is 21.0. The molecule has 0 N–H and O–H groups in total. The number of amides is 1. The van der Waals surface area contributed by atoms with Crippen LogP contribution in [0, 0.1) is 12.8 Å². The summed E-state index contributed by atoms with van der Waals surface area (Å²) in [6.45, 7) is 7.13. The lowest BCUT2D eigenvalue weighted by Crippen LogP contribution is -2.43. The van der Waals surface area contributed by atoms with Crippen LogP contribution in [0.4, 0.5) is 0 Å². The van der Waals surface area contributed by atoms with E-state index in [9.17, 15) is 9.59 Å². The Bertz CT molecular complexity index is 880. The number of rotatable bonds is 6. The first kappa shape index (κ1) is 21.6. The van der Waals surface area contributed by atoms with Crippen LogP contribution in [0.25, 0.3) is 5.69 Å². The highest BCUT2D eigenvalue weighted by Crippen LogP contribution is 2.28. The van der Waals surface area contributed by atoms with Gasteiger partial charge >= 0.3 is 5.97 Å². The number of esters is 1. The van der Waals surface area contributed by atoms with Crippen LogP contribution in [-0.2, 0) is 14.3 Å². The van der Waals surface area contributed by atoms with Crippen molar-refractivity contribution in [1.82, 2.24) is 19.7 Å². The molecule has 1 amide bonds. The second kappa shape index (κ2) is 9.63. The Morgan fingerprint density at radius 3 is 2.72 bits per heavy atom. The van der Waals surface area contributed by atoms with Crippen molar-refractivity contribution in [3.05, 3.63) is 35.1 Å². The van der Waals surface area contributed by atoms with Gasteiger partial charge < -0.3 is 9.64 Å². The third-order valence-corrected chi connectivity index (χ3v) is 6.46. The topological polar surface area (TPSA) is 77.3 Å². The summed E-state index contributed by atoms with van der Waals surface area (Å²) in [6, 6.07) is 5.74. The predicted octanol–water partition coefficient (Wildman–Crippen LogP) is 3.51. The number of halogens is 1. The van der Waals surface area contributed by atoms with Gasteiger partial charge in [0.05, 0.1) is 23.5 Å². The first-order valence-corrected chi connectivity index (χ1v) is 10.9. The molecule has 1 aromatic heterocycles. The second-order valence-corrected chi connectivity index (χ2v) is 8.74. The van der Waals surface area contributed by atoms with E-state index >= 15 is 0 Å². The molecule has 9 heteroatoms. The molecule has 0 aliphatic carbocycles. The molecule has 0 radical (unpaired) electrons. The fraction of sp³-hybridized carbons (Fsp3) is 0.500. The molecule has 1 unspecified atom stereocenters. The van der Waals surface area contributed by atoms with Crippen LogP contribution in [0.3, 0.4) is 0 Å². The van der Waals surface area contributed by atoms with Crippen LogP contribution in [0.15, 0.2) is 29.7 Å². The van der Waals surface area contributed by atoms with Gasteiger partial charge in [-0.15, -0.1) is 10.2 Å². The summed E-state index contributed by atoms with van der Waals surface area (Å²) < 4.78 is 6.92. The fourth-order valence-electron chi connectivity index (χ4n) is 3.27. The van der Waals surface area contributed by atoms with Gasteiger partial charge in [-0.25, -0.2) is 0 Å². The maximum Gasteiger partial charge on any atom is 0.309 e. The number of carbonyl (C=O) groups is 2. The average Bonchev–Trinajstić information content (AvgIpc) is 3.18. The van der Waals surface area contributed by atoms with Gasteiger partial charge in [0.2, 0.25) is 5.91 Å². The van der Waals surface area contributed by atoms with Gasteiger partial charge in [-0.1, -0.05) is 29.4 Å². The van der Waals surface area contributed by atoms with Gasteiger partial charge in [-0.05, 0) is 51.3 Å². The third kappa shape index (κ3) is 5.11. The molecule has 1 fully saturated rings. The zero-order valence-corrected chi connectivity index (χ0v) is 18.4. The molecule has 2 heterocycles. The molecule has 1 saturated heterocycles. The smallest absolute Gasteiger partial charge is 0.309 e. The van der Waals surface area contributed by atoms with Crippen molar-refractivity contribution in [3.8, 4) is 5.69 Å². The van der Waals surface area contributed by atoms with E-state index in [0.29, 0.717) is 42.7 Å². The van der Waals surface area contributed by atoms with E-state index in [4.69, 9.17) is 16.3 Å². The van der Waals surface area contributed by atoms with Crippen molar-refractivity contribution < 1.29 is 14.3 Å². The largest absolute Gasteiger partial charge is 0.466 e. The monoisotopic (exact) mass is 436 g/mol. The average molecular weight is 437 g/mol. The Labute approximate surface area is 179 Å². The fourth-order valence-corrected chi connectivity index (χ4v) is 4.38. The van der Waals surface area contributed by atoms with Crippen molar-refractivity contribution in [2.75, 3.05) is 19.7 Å². The minimum atomic E-state index is -0.321.